The van der Waals surface area contributed by atoms with Crippen molar-refractivity contribution in [3.05, 3.63) is 89.0 Å². The van der Waals surface area contributed by atoms with E-state index in [4.69, 9.17) is 18.9 Å². The van der Waals surface area contributed by atoms with Crippen molar-refractivity contribution in [1.29, 1.82) is 0 Å². The van der Waals surface area contributed by atoms with Gasteiger partial charge in [0.15, 0.2) is 23.1 Å². The van der Waals surface area contributed by atoms with Crippen molar-refractivity contribution in [3.63, 3.8) is 0 Å². The first kappa shape index (κ1) is 25.7. The lowest BCUT2D eigenvalue weighted by Gasteiger charge is -2.36. The van der Waals surface area contributed by atoms with E-state index in [1.54, 1.807) is 43.3 Å². The molecule has 6 rings (SSSR count). The zero-order chi connectivity index (χ0) is 28.2. The summed E-state index contributed by atoms with van der Waals surface area (Å²) < 4.78 is 22.7. The number of carbonyl (C=O) groups excluding carboxylic acids is 3. The van der Waals surface area contributed by atoms with E-state index in [1.165, 1.54) is 21.3 Å². The summed E-state index contributed by atoms with van der Waals surface area (Å²) in [6, 6.07) is 16.1. The lowest BCUT2D eigenvalue weighted by atomic mass is 9.64. The molecule has 3 aromatic carbocycles. The molecule has 3 aromatic rings. The molecule has 1 aliphatic carbocycles. The first-order valence-corrected chi connectivity index (χ1v) is 13.1. The predicted molar refractivity (Wildman–Crippen MR) is 149 cm³/mol. The summed E-state index contributed by atoms with van der Waals surface area (Å²) in [5.41, 5.74) is 1.11. The SMILES string of the molecule is CCOC(=O)[C@@H]1[C@H](c2ccc(OC)c(OC)c2OC)C2(C(=O)c3ccccc3C2=O)[C@@H]2C=Cc3ccccc3N12. The van der Waals surface area contributed by atoms with Gasteiger partial charge < -0.3 is 23.8 Å². The molecule has 2 aliphatic heterocycles. The maximum atomic E-state index is 14.7. The van der Waals surface area contributed by atoms with Crippen LogP contribution in [0.15, 0.2) is 66.7 Å². The minimum Gasteiger partial charge on any atom is -0.493 e. The van der Waals surface area contributed by atoms with Crippen LogP contribution in [0.25, 0.3) is 6.08 Å². The number of esters is 1. The Balaban J connectivity index is 1.72. The zero-order valence-electron chi connectivity index (χ0n) is 22.7. The summed E-state index contributed by atoms with van der Waals surface area (Å²) in [6.07, 6.45) is 3.78. The van der Waals surface area contributed by atoms with E-state index in [0.29, 0.717) is 28.2 Å². The van der Waals surface area contributed by atoms with Gasteiger partial charge >= 0.3 is 5.97 Å². The van der Waals surface area contributed by atoms with Crippen molar-refractivity contribution in [3.8, 4) is 17.2 Å². The number of Topliss-reactive ketones (excluding diaryl/α,β-unsaturated/α-hetero) is 2. The molecule has 0 unspecified atom stereocenters. The van der Waals surface area contributed by atoms with Crippen molar-refractivity contribution in [2.45, 2.75) is 24.9 Å². The highest BCUT2D eigenvalue weighted by Crippen LogP contribution is 2.62. The summed E-state index contributed by atoms with van der Waals surface area (Å²) in [7, 11) is 4.48. The number of methoxy groups -OCH3 is 3. The number of ketones is 2. The highest BCUT2D eigenvalue weighted by atomic mass is 16.5. The third-order valence-corrected chi connectivity index (χ3v) is 8.31. The Bertz CT molecular complexity index is 1540. The van der Waals surface area contributed by atoms with Gasteiger partial charge in [0.25, 0.3) is 0 Å². The average molecular weight is 540 g/mol. The van der Waals surface area contributed by atoms with Crippen LogP contribution in [0.1, 0.15) is 44.7 Å². The van der Waals surface area contributed by atoms with Crippen LogP contribution in [-0.4, -0.2) is 57.6 Å². The summed E-state index contributed by atoms with van der Waals surface area (Å²) in [6.45, 7) is 1.87. The largest absolute Gasteiger partial charge is 0.493 e. The Morgan fingerprint density at radius 1 is 0.850 bits per heavy atom. The second kappa shape index (κ2) is 9.55. The molecule has 0 aromatic heterocycles. The van der Waals surface area contributed by atoms with Gasteiger partial charge in [0.2, 0.25) is 5.75 Å². The van der Waals surface area contributed by atoms with E-state index < -0.39 is 29.4 Å². The smallest absolute Gasteiger partial charge is 0.329 e. The number of para-hydroxylation sites is 1. The summed E-state index contributed by atoms with van der Waals surface area (Å²) in [4.78, 5) is 45.2. The number of fused-ring (bicyclic) bond motifs is 5. The van der Waals surface area contributed by atoms with Crippen LogP contribution in [-0.2, 0) is 9.53 Å². The van der Waals surface area contributed by atoms with Crippen LogP contribution < -0.4 is 19.1 Å². The van der Waals surface area contributed by atoms with Crippen molar-refractivity contribution in [2.75, 3.05) is 32.8 Å². The van der Waals surface area contributed by atoms with Crippen LogP contribution in [0.3, 0.4) is 0 Å². The van der Waals surface area contributed by atoms with Gasteiger partial charge in [0.1, 0.15) is 11.5 Å². The molecular formula is C32H29NO7. The van der Waals surface area contributed by atoms with Crippen molar-refractivity contribution in [1.82, 2.24) is 0 Å². The molecule has 1 saturated heterocycles. The Labute approximate surface area is 232 Å². The molecule has 204 valence electrons. The first-order valence-electron chi connectivity index (χ1n) is 13.1. The van der Waals surface area contributed by atoms with Crippen LogP contribution in [0.4, 0.5) is 5.69 Å². The van der Waals surface area contributed by atoms with Gasteiger partial charge in [-0.2, -0.15) is 0 Å². The van der Waals surface area contributed by atoms with Gasteiger partial charge in [-0.15, -0.1) is 0 Å². The highest BCUT2D eigenvalue weighted by molar-refractivity contribution is 6.32. The average Bonchev–Trinajstić information content (AvgIpc) is 3.42. The maximum absolute atomic E-state index is 14.7. The fraction of sp³-hybridized carbons (Fsp3) is 0.281. The molecule has 0 saturated carbocycles. The van der Waals surface area contributed by atoms with E-state index in [9.17, 15) is 14.4 Å². The van der Waals surface area contributed by atoms with E-state index >= 15 is 0 Å². The standard InChI is InChI=1S/C32H29NO7/c1-5-40-31(36)26-25(21-15-16-23(37-2)28(39-4)27(21)38-3)32(29(34)19-11-7-8-12-20(19)30(32)35)24-17-14-18-10-6-9-13-22(18)33(24)26/h6-17,24-26H,5H2,1-4H3/t24-,25-,26-/m0/s1. The van der Waals surface area contributed by atoms with Gasteiger partial charge in [-0.1, -0.05) is 60.7 Å². The Hall–Kier alpha value is -4.59. The normalized spacial score (nSPS) is 21.6. The lowest BCUT2D eigenvalue weighted by molar-refractivity contribution is -0.145. The second-order valence-electron chi connectivity index (χ2n) is 9.94. The number of carbonyl (C=O) groups is 3. The van der Waals surface area contributed by atoms with Crippen molar-refractivity contribution < 1.29 is 33.3 Å². The van der Waals surface area contributed by atoms with Crippen molar-refractivity contribution in [2.24, 2.45) is 5.41 Å². The van der Waals surface area contributed by atoms with Gasteiger partial charge in [0.05, 0.1) is 34.0 Å². The summed E-state index contributed by atoms with van der Waals surface area (Å²) >= 11 is 0. The molecular weight excluding hydrogens is 510 g/mol. The Kier molecular flexibility index (Phi) is 6.13. The lowest BCUT2D eigenvalue weighted by Crippen LogP contribution is -2.48. The predicted octanol–water partition coefficient (Wildman–Crippen LogP) is 4.71. The molecule has 1 fully saturated rings. The van der Waals surface area contributed by atoms with Gasteiger partial charge in [-0.05, 0) is 24.6 Å². The number of benzene rings is 3. The molecule has 2 heterocycles. The zero-order valence-corrected chi connectivity index (χ0v) is 22.7. The van der Waals surface area contributed by atoms with Gasteiger partial charge in [0, 0.05) is 28.3 Å². The number of nitrogens with zero attached hydrogens (tertiary/aromatic N) is 1. The molecule has 0 radical (unpaired) electrons. The molecule has 8 heteroatoms. The highest BCUT2D eigenvalue weighted by Gasteiger charge is 2.72. The first-order chi connectivity index (χ1) is 19.4. The maximum Gasteiger partial charge on any atom is 0.329 e. The minimum atomic E-state index is -1.67. The molecule has 3 aliphatic rings. The van der Waals surface area contributed by atoms with Crippen LogP contribution >= 0.6 is 0 Å². The third-order valence-electron chi connectivity index (χ3n) is 8.31. The van der Waals surface area contributed by atoms with E-state index in [-0.39, 0.29) is 23.9 Å². The molecule has 0 amide bonds. The summed E-state index contributed by atoms with van der Waals surface area (Å²) in [5.74, 6) is -1.17. The number of hydrogen-bond acceptors (Lipinski definition) is 8. The molecule has 1 spiro atoms. The molecule has 3 atom stereocenters. The quantitative estimate of drug-likeness (QED) is 0.329. The Morgan fingerprint density at radius 2 is 1.50 bits per heavy atom. The number of anilines is 1. The fourth-order valence-electron chi connectivity index (χ4n) is 6.83. The van der Waals surface area contributed by atoms with E-state index in [1.807, 2.05) is 41.3 Å². The number of ether oxygens (including phenoxy) is 4. The minimum absolute atomic E-state index is 0.135. The topological polar surface area (TPSA) is 91.4 Å². The second-order valence-corrected chi connectivity index (χ2v) is 9.94. The van der Waals surface area contributed by atoms with Crippen molar-refractivity contribution >= 4 is 29.3 Å². The van der Waals surface area contributed by atoms with E-state index in [2.05, 4.69) is 0 Å². The van der Waals surface area contributed by atoms with Crippen LogP contribution in [0, 0.1) is 5.41 Å². The molecule has 0 N–H and O–H groups in total. The third kappa shape index (κ3) is 3.22. The van der Waals surface area contributed by atoms with Gasteiger partial charge in [-0.3, -0.25) is 9.59 Å². The van der Waals surface area contributed by atoms with E-state index in [0.717, 1.165) is 11.3 Å². The Morgan fingerprint density at radius 3 is 2.12 bits per heavy atom. The van der Waals surface area contributed by atoms with Crippen LogP contribution in [0.2, 0.25) is 0 Å². The summed E-state index contributed by atoms with van der Waals surface area (Å²) in [5, 5.41) is 0. The number of rotatable bonds is 6. The van der Waals surface area contributed by atoms with Crippen LogP contribution in [0.5, 0.6) is 17.2 Å². The molecule has 40 heavy (non-hydrogen) atoms. The van der Waals surface area contributed by atoms with Gasteiger partial charge in [-0.25, -0.2) is 4.79 Å². The monoisotopic (exact) mass is 539 g/mol. The fourth-order valence-corrected chi connectivity index (χ4v) is 6.83. The number of hydrogen-bond donors (Lipinski definition) is 0. The molecule has 8 nitrogen and oxygen atoms in total. The molecule has 0 bridgehead atoms.